The topological polar surface area (TPSA) is 85.1 Å². The van der Waals surface area contributed by atoms with Gasteiger partial charge in [-0.1, -0.05) is 36.4 Å². The second-order valence-corrected chi connectivity index (χ2v) is 10.6. The molecule has 180 valence electrons. The van der Waals surface area contributed by atoms with E-state index in [1.165, 1.54) is 4.31 Å². The van der Waals surface area contributed by atoms with E-state index in [0.29, 0.717) is 63.3 Å². The highest BCUT2D eigenvalue weighted by atomic mass is 32.2. The fraction of sp³-hybridized carbons (Fsp3) is 0.269. The molecule has 1 saturated heterocycles. The summed E-state index contributed by atoms with van der Waals surface area (Å²) in [5, 5.41) is 0. The van der Waals surface area contributed by atoms with Crippen molar-refractivity contribution in [2.24, 2.45) is 0 Å². The summed E-state index contributed by atoms with van der Waals surface area (Å²) in [6.45, 7) is 3.40. The molecule has 0 atom stereocenters. The molecule has 0 saturated carbocycles. The lowest BCUT2D eigenvalue weighted by Crippen LogP contribution is -2.48. The predicted octanol–water partition coefficient (Wildman–Crippen LogP) is 3.77. The summed E-state index contributed by atoms with van der Waals surface area (Å²) in [6.07, 6.45) is 0. The van der Waals surface area contributed by atoms with Crippen molar-refractivity contribution in [3.63, 3.8) is 0 Å². The molecule has 0 spiro atoms. The number of rotatable bonds is 5. The summed E-state index contributed by atoms with van der Waals surface area (Å²) < 4.78 is 44.9. The highest BCUT2D eigenvalue weighted by molar-refractivity contribution is 7.89. The maximum atomic E-state index is 13.2. The Labute approximate surface area is 203 Å². The fourth-order valence-corrected chi connectivity index (χ4v) is 5.94. The van der Waals surface area contributed by atoms with Crippen molar-refractivity contribution in [1.82, 2.24) is 14.2 Å². The van der Waals surface area contributed by atoms with E-state index in [4.69, 9.17) is 13.9 Å². The van der Waals surface area contributed by atoms with E-state index in [1.54, 1.807) is 18.2 Å². The first-order chi connectivity index (χ1) is 17.1. The Morgan fingerprint density at radius 1 is 0.800 bits per heavy atom. The van der Waals surface area contributed by atoms with Gasteiger partial charge in [0, 0.05) is 32.2 Å². The Bertz CT molecular complexity index is 1460. The van der Waals surface area contributed by atoms with Gasteiger partial charge in [0.1, 0.15) is 18.7 Å². The third kappa shape index (κ3) is 4.38. The fourth-order valence-electron chi connectivity index (χ4n) is 4.51. The molecule has 0 unspecified atom stereocenters. The number of hydrogen-bond donors (Lipinski definition) is 0. The number of fused-ring (bicyclic) bond motifs is 2. The number of ether oxygens (including phenoxy) is 2. The Hall–Kier alpha value is -3.40. The van der Waals surface area contributed by atoms with Crippen LogP contribution in [-0.2, 0) is 16.6 Å². The number of piperazine rings is 1. The van der Waals surface area contributed by atoms with Crippen LogP contribution >= 0.6 is 0 Å². The average molecular weight is 492 g/mol. The number of sulfonamides is 1. The first-order valence-electron chi connectivity index (χ1n) is 11.6. The molecule has 0 bridgehead atoms. The molecule has 0 radical (unpaired) electrons. The van der Waals surface area contributed by atoms with Gasteiger partial charge in [-0.05, 0) is 35.4 Å². The average Bonchev–Trinajstić information content (AvgIpc) is 3.30. The summed E-state index contributed by atoms with van der Waals surface area (Å²) in [4.78, 5) is 7.07. The van der Waals surface area contributed by atoms with Crippen LogP contribution in [0.25, 0.3) is 22.2 Å². The lowest BCUT2D eigenvalue weighted by molar-refractivity contribution is 0.168. The molecule has 4 aromatic rings. The van der Waals surface area contributed by atoms with Crippen molar-refractivity contribution in [3.05, 3.63) is 72.6 Å². The van der Waals surface area contributed by atoms with E-state index < -0.39 is 10.0 Å². The van der Waals surface area contributed by atoms with E-state index in [1.807, 2.05) is 36.4 Å². The molecule has 3 heterocycles. The molecule has 1 aromatic heterocycles. The summed E-state index contributed by atoms with van der Waals surface area (Å²) in [5.41, 5.74) is 3.80. The maximum absolute atomic E-state index is 13.2. The Balaban J connectivity index is 1.12. The molecule has 0 amide bonds. The van der Waals surface area contributed by atoms with Gasteiger partial charge in [-0.3, -0.25) is 4.90 Å². The van der Waals surface area contributed by atoms with Crippen molar-refractivity contribution < 1.29 is 22.3 Å². The van der Waals surface area contributed by atoms with Crippen LogP contribution in [0.4, 0.5) is 0 Å². The minimum atomic E-state index is -3.61. The Kier molecular flexibility index (Phi) is 5.68. The predicted molar refractivity (Wildman–Crippen MR) is 131 cm³/mol. The SMILES string of the molecule is O=S(=O)(c1ccc2c(c1)OCCO2)N1CCN(Cc2nc3cc(-c4ccccc4)ccc3o2)CC1. The Morgan fingerprint density at radius 3 is 2.37 bits per heavy atom. The zero-order valence-corrected chi connectivity index (χ0v) is 19.9. The van der Waals surface area contributed by atoms with Gasteiger partial charge in [0.2, 0.25) is 15.9 Å². The van der Waals surface area contributed by atoms with Crippen LogP contribution in [0, 0.1) is 0 Å². The Morgan fingerprint density at radius 2 is 1.57 bits per heavy atom. The van der Waals surface area contributed by atoms with Crippen LogP contribution in [0.2, 0.25) is 0 Å². The molecule has 3 aromatic carbocycles. The van der Waals surface area contributed by atoms with Crippen molar-refractivity contribution in [1.29, 1.82) is 0 Å². The molecule has 6 rings (SSSR count). The minimum Gasteiger partial charge on any atom is -0.486 e. The van der Waals surface area contributed by atoms with E-state index in [2.05, 4.69) is 22.0 Å². The monoisotopic (exact) mass is 491 g/mol. The van der Waals surface area contributed by atoms with Crippen LogP contribution in [0.15, 0.2) is 76.0 Å². The van der Waals surface area contributed by atoms with Gasteiger partial charge in [-0.2, -0.15) is 4.31 Å². The van der Waals surface area contributed by atoms with Gasteiger partial charge in [0.25, 0.3) is 0 Å². The summed E-state index contributed by atoms with van der Waals surface area (Å²) >= 11 is 0. The van der Waals surface area contributed by atoms with Crippen molar-refractivity contribution in [2.75, 3.05) is 39.4 Å². The number of aromatic nitrogens is 1. The zero-order valence-electron chi connectivity index (χ0n) is 19.1. The minimum absolute atomic E-state index is 0.225. The van der Waals surface area contributed by atoms with E-state index >= 15 is 0 Å². The quantitative estimate of drug-likeness (QED) is 0.420. The standard InChI is InChI=1S/C26H25N3O5S/c30-35(31,21-7-9-24-25(17-21)33-15-14-32-24)29-12-10-28(11-13-29)18-26-27-22-16-20(6-8-23(22)34-26)19-4-2-1-3-5-19/h1-9,16-17H,10-15,18H2. The maximum Gasteiger partial charge on any atom is 0.243 e. The largest absolute Gasteiger partial charge is 0.486 e. The highest BCUT2D eigenvalue weighted by Gasteiger charge is 2.30. The first-order valence-corrected chi connectivity index (χ1v) is 13.1. The number of nitrogens with zero attached hydrogens (tertiary/aromatic N) is 3. The van der Waals surface area contributed by atoms with Crippen LogP contribution < -0.4 is 9.47 Å². The molecular formula is C26H25N3O5S. The summed E-state index contributed by atoms with van der Waals surface area (Å²) in [5.74, 6) is 1.69. The second-order valence-electron chi connectivity index (χ2n) is 8.64. The van der Waals surface area contributed by atoms with E-state index in [9.17, 15) is 8.42 Å². The van der Waals surface area contributed by atoms with Crippen molar-refractivity contribution in [3.8, 4) is 22.6 Å². The van der Waals surface area contributed by atoms with Crippen molar-refractivity contribution >= 4 is 21.1 Å². The molecule has 2 aliphatic rings. The molecule has 1 fully saturated rings. The first kappa shape index (κ1) is 22.1. The van der Waals surface area contributed by atoms with Crippen LogP contribution in [-0.4, -0.2) is 62.0 Å². The molecule has 8 nitrogen and oxygen atoms in total. The van der Waals surface area contributed by atoms with Crippen molar-refractivity contribution in [2.45, 2.75) is 11.4 Å². The number of hydrogen-bond acceptors (Lipinski definition) is 7. The molecule has 35 heavy (non-hydrogen) atoms. The third-order valence-electron chi connectivity index (χ3n) is 6.38. The lowest BCUT2D eigenvalue weighted by Gasteiger charge is -2.33. The number of oxazole rings is 1. The zero-order chi connectivity index (χ0) is 23.8. The van der Waals surface area contributed by atoms with Gasteiger partial charge >= 0.3 is 0 Å². The highest BCUT2D eigenvalue weighted by Crippen LogP contribution is 2.33. The molecule has 9 heteroatoms. The normalized spacial score (nSPS) is 17.0. The van der Waals surface area contributed by atoms with Gasteiger partial charge in [-0.25, -0.2) is 13.4 Å². The van der Waals surface area contributed by atoms with Gasteiger partial charge in [0.15, 0.2) is 17.1 Å². The van der Waals surface area contributed by atoms with E-state index in [0.717, 1.165) is 22.2 Å². The second kappa shape index (κ2) is 8.99. The molecule has 0 aliphatic carbocycles. The third-order valence-corrected chi connectivity index (χ3v) is 8.28. The van der Waals surface area contributed by atoms with Gasteiger partial charge in [-0.15, -0.1) is 0 Å². The van der Waals surface area contributed by atoms with Crippen LogP contribution in [0.1, 0.15) is 5.89 Å². The smallest absolute Gasteiger partial charge is 0.243 e. The summed E-state index contributed by atoms with van der Waals surface area (Å²) in [7, 11) is -3.61. The van der Waals surface area contributed by atoms with Gasteiger partial charge < -0.3 is 13.9 Å². The number of benzene rings is 3. The van der Waals surface area contributed by atoms with Crippen LogP contribution in [0.3, 0.4) is 0 Å². The molecule has 2 aliphatic heterocycles. The van der Waals surface area contributed by atoms with E-state index in [-0.39, 0.29) is 4.90 Å². The van der Waals surface area contributed by atoms with Gasteiger partial charge in [0.05, 0.1) is 11.4 Å². The van der Waals surface area contributed by atoms with Crippen LogP contribution in [0.5, 0.6) is 11.5 Å². The molecule has 0 N–H and O–H groups in total. The molecular weight excluding hydrogens is 466 g/mol. The summed E-state index contributed by atoms with van der Waals surface area (Å²) in [6, 6.07) is 21.0. The lowest BCUT2D eigenvalue weighted by atomic mass is 10.1.